The molecular weight excluding hydrogens is 412 g/mol. The average molecular weight is 436 g/mol. The van der Waals surface area contributed by atoms with Crippen LogP contribution in [0.1, 0.15) is 33.7 Å². The highest BCUT2D eigenvalue weighted by molar-refractivity contribution is 7.13. The number of rotatable bonds is 5. The smallest absolute Gasteiger partial charge is 0.265 e. The molecule has 1 aliphatic heterocycles. The van der Waals surface area contributed by atoms with Crippen LogP contribution in [0.15, 0.2) is 24.3 Å². The third-order valence-electron chi connectivity index (χ3n) is 4.55. The molecule has 1 unspecified atom stereocenters. The van der Waals surface area contributed by atoms with Gasteiger partial charge in [0.2, 0.25) is 0 Å². The Hall–Kier alpha value is -1.41. The van der Waals surface area contributed by atoms with Crippen molar-refractivity contribution in [1.29, 1.82) is 0 Å². The lowest BCUT2D eigenvalue weighted by Gasteiger charge is -2.22. The minimum Gasteiger partial charge on any atom is -0.486 e. The molecule has 1 amide bonds. The fraction of sp³-hybridized carbons (Fsp3) is 0.444. The largest absolute Gasteiger partial charge is 0.486 e. The topological polar surface area (TPSA) is 68.5 Å². The number of hydrogen-bond acceptors (Lipinski definition) is 5. The van der Waals surface area contributed by atoms with Gasteiger partial charge in [-0.05, 0) is 49.6 Å². The minimum absolute atomic E-state index is 0. The molecule has 2 aromatic rings. The fourth-order valence-corrected chi connectivity index (χ4v) is 3.84. The van der Waals surface area contributed by atoms with Gasteiger partial charge in [0.1, 0.15) is 28.1 Å². The first-order chi connectivity index (χ1) is 11.9. The summed E-state index contributed by atoms with van der Waals surface area (Å²) in [5.41, 5.74) is 6.54. The molecule has 3 rings (SSSR count). The van der Waals surface area contributed by atoms with E-state index in [1.807, 2.05) is 11.8 Å². The Morgan fingerprint density at radius 3 is 2.63 bits per heavy atom. The maximum absolute atomic E-state index is 12.9. The number of aromatic nitrogens is 1. The third-order valence-corrected chi connectivity index (χ3v) is 5.67. The van der Waals surface area contributed by atoms with Crippen molar-refractivity contribution in [3.63, 3.8) is 0 Å². The first kappa shape index (κ1) is 23.6. The summed E-state index contributed by atoms with van der Waals surface area (Å²) < 4.78 is 18.5. The van der Waals surface area contributed by atoms with Gasteiger partial charge in [0, 0.05) is 13.1 Å². The van der Waals surface area contributed by atoms with Gasteiger partial charge in [0.05, 0.1) is 5.69 Å². The van der Waals surface area contributed by atoms with E-state index >= 15 is 0 Å². The molecule has 27 heavy (non-hydrogen) atoms. The molecule has 1 saturated heterocycles. The van der Waals surface area contributed by atoms with Crippen molar-refractivity contribution in [2.75, 3.05) is 19.6 Å². The van der Waals surface area contributed by atoms with Crippen LogP contribution >= 0.6 is 36.2 Å². The lowest BCUT2D eigenvalue weighted by molar-refractivity contribution is 0.0780. The van der Waals surface area contributed by atoms with Crippen molar-refractivity contribution < 1.29 is 13.9 Å². The van der Waals surface area contributed by atoms with E-state index < -0.39 is 0 Å². The summed E-state index contributed by atoms with van der Waals surface area (Å²) >= 11 is 1.35. The minimum atomic E-state index is -0.305. The molecule has 0 radical (unpaired) electrons. The van der Waals surface area contributed by atoms with Gasteiger partial charge >= 0.3 is 0 Å². The molecule has 5 nitrogen and oxygen atoms in total. The molecule has 2 heterocycles. The first-order valence-corrected chi connectivity index (χ1v) is 9.06. The van der Waals surface area contributed by atoms with E-state index in [4.69, 9.17) is 10.5 Å². The number of carbonyl (C=O) groups excluding carboxylic acids is 1. The van der Waals surface area contributed by atoms with Crippen molar-refractivity contribution in [2.45, 2.75) is 26.9 Å². The molecule has 9 heteroatoms. The van der Waals surface area contributed by atoms with Crippen LogP contribution in [0.3, 0.4) is 0 Å². The molecule has 1 aliphatic rings. The number of nitrogens with two attached hydrogens (primary N) is 1. The predicted molar refractivity (Wildman–Crippen MR) is 110 cm³/mol. The SMILES string of the molecule is Cc1nc(COc2ccc(F)cc2)sc1C(=O)N1CCC(C)(CN)C1.Cl.Cl. The number of amides is 1. The zero-order valence-electron chi connectivity index (χ0n) is 15.2. The van der Waals surface area contributed by atoms with Gasteiger partial charge in [-0.3, -0.25) is 4.79 Å². The van der Waals surface area contributed by atoms with Crippen molar-refractivity contribution in [3.8, 4) is 5.75 Å². The van der Waals surface area contributed by atoms with Gasteiger partial charge in [-0.25, -0.2) is 9.37 Å². The maximum atomic E-state index is 12.9. The normalized spacial score (nSPS) is 18.6. The average Bonchev–Trinajstić information content (AvgIpc) is 3.18. The van der Waals surface area contributed by atoms with Crippen LogP contribution in [0, 0.1) is 18.2 Å². The standard InChI is InChI=1S/C18H22FN3O2S.2ClH/c1-12-16(17(23)22-8-7-18(2,10-20)11-22)25-15(21-12)9-24-14-5-3-13(19)4-6-14;;/h3-6H,7-11,20H2,1-2H3;2*1H. The predicted octanol–water partition coefficient (Wildman–Crippen LogP) is 3.82. The molecule has 150 valence electrons. The highest BCUT2D eigenvalue weighted by atomic mass is 35.5. The molecule has 2 N–H and O–H groups in total. The summed E-state index contributed by atoms with van der Waals surface area (Å²) in [4.78, 5) is 19.7. The molecule has 1 fully saturated rings. The van der Waals surface area contributed by atoms with Gasteiger partial charge < -0.3 is 15.4 Å². The first-order valence-electron chi connectivity index (χ1n) is 8.24. The van der Waals surface area contributed by atoms with E-state index in [2.05, 4.69) is 11.9 Å². The van der Waals surface area contributed by atoms with Crippen LogP contribution < -0.4 is 10.5 Å². The van der Waals surface area contributed by atoms with Crippen LogP contribution in [-0.4, -0.2) is 35.4 Å². The molecule has 1 atom stereocenters. The molecule has 1 aromatic carbocycles. The molecule has 0 saturated carbocycles. The fourth-order valence-electron chi connectivity index (χ4n) is 2.90. The Balaban J connectivity index is 0.00000182. The number of nitrogens with zero attached hydrogens (tertiary/aromatic N) is 2. The zero-order valence-corrected chi connectivity index (χ0v) is 17.7. The molecule has 0 spiro atoms. The highest BCUT2D eigenvalue weighted by Gasteiger charge is 2.36. The van der Waals surface area contributed by atoms with Crippen molar-refractivity contribution >= 4 is 42.1 Å². The van der Waals surface area contributed by atoms with Crippen LogP contribution in [0.4, 0.5) is 4.39 Å². The number of likely N-dealkylation sites (tertiary alicyclic amines) is 1. The second-order valence-electron chi connectivity index (χ2n) is 6.76. The van der Waals surface area contributed by atoms with E-state index in [0.29, 0.717) is 29.4 Å². The quantitative estimate of drug-likeness (QED) is 0.774. The summed E-state index contributed by atoms with van der Waals surface area (Å²) in [7, 11) is 0. The monoisotopic (exact) mass is 435 g/mol. The van der Waals surface area contributed by atoms with E-state index in [1.54, 1.807) is 12.1 Å². The van der Waals surface area contributed by atoms with Crippen LogP contribution in [-0.2, 0) is 6.61 Å². The van der Waals surface area contributed by atoms with Crippen molar-refractivity contribution in [2.24, 2.45) is 11.1 Å². The Morgan fingerprint density at radius 2 is 2.04 bits per heavy atom. The number of thiazole rings is 1. The van der Waals surface area contributed by atoms with Crippen LogP contribution in [0.5, 0.6) is 5.75 Å². The second kappa shape index (κ2) is 9.68. The third kappa shape index (κ3) is 5.54. The summed E-state index contributed by atoms with van der Waals surface area (Å²) in [6.07, 6.45) is 0.924. The molecule has 0 bridgehead atoms. The lowest BCUT2D eigenvalue weighted by atomic mass is 9.90. The van der Waals surface area contributed by atoms with Gasteiger partial charge in [-0.2, -0.15) is 0 Å². The second-order valence-corrected chi connectivity index (χ2v) is 7.84. The Labute approximate surface area is 174 Å². The number of hydrogen-bond donors (Lipinski definition) is 1. The van der Waals surface area contributed by atoms with E-state index in [1.165, 1.54) is 23.5 Å². The summed E-state index contributed by atoms with van der Waals surface area (Å²) in [6, 6.07) is 5.83. The zero-order chi connectivity index (χ0) is 18.0. The Morgan fingerprint density at radius 1 is 1.37 bits per heavy atom. The number of benzene rings is 1. The summed E-state index contributed by atoms with van der Waals surface area (Å²) in [5, 5.41) is 0.728. The molecular formula is C18H24Cl2FN3O2S. The summed E-state index contributed by atoms with van der Waals surface area (Å²) in [6.45, 7) is 6.19. The Kier molecular flexibility index (Phi) is 8.48. The van der Waals surface area contributed by atoms with Crippen molar-refractivity contribution in [1.82, 2.24) is 9.88 Å². The van der Waals surface area contributed by atoms with Gasteiger partial charge in [-0.1, -0.05) is 6.92 Å². The number of aryl methyl sites for hydroxylation is 1. The maximum Gasteiger partial charge on any atom is 0.265 e. The molecule has 1 aromatic heterocycles. The van der Waals surface area contributed by atoms with Crippen LogP contribution in [0.2, 0.25) is 0 Å². The summed E-state index contributed by atoms with van der Waals surface area (Å²) in [5.74, 6) is 0.279. The van der Waals surface area contributed by atoms with E-state index in [0.717, 1.165) is 18.0 Å². The highest BCUT2D eigenvalue weighted by Crippen LogP contribution is 2.31. The molecule has 0 aliphatic carbocycles. The van der Waals surface area contributed by atoms with Gasteiger partial charge in [0.25, 0.3) is 5.91 Å². The van der Waals surface area contributed by atoms with Gasteiger partial charge in [-0.15, -0.1) is 36.2 Å². The number of halogens is 3. The van der Waals surface area contributed by atoms with E-state index in [-0.39, 0.29) is 48.6 Å². The number of ether oxygens (including phenoxy) is 1. The van der Waals surface area contributed by atoms with Crippen molar-refractivity contribution in [3.05, 3.63) is 45.7 Å². The van der Waals surface area contributed by atoms with E-state index in [9.17, 15) is 9.18 Å². The van der Waals surface area contributed by atoms with Gasteiger partial charge in [0.15, 0.2) is 0 Å². The van der Waals surface area contributed by atoms with Crippen LogP contribution in [0.25, 0.3) is 0 Å². The lowest BCUT2D eigenvalue weighted by Crippen LogP contribution is -2.34. The number of carbonyl (C=O) groups is 1. The Bertz CT molecular complexity index is 772.